The van der Waals surface area contributed by atoms with E-state index in [-0.39, 0.29) is 35.6 Å². The summed E-state index contributed by atoms with van der Waals surface area (Å²) in [6.45, 7) is 5.55. The molecule has 0 radical (unpaired) electrons. The number of carbonyl (C=O) groups is 2. The molecule has 2 saturated heterocycles. The maximum Gasteiger partial charge on any atom is 0.253 e. The number of halogens is 1. The molecule has 1 aromatic carbocycles. The normalized spacial score (nSPS) is 26.2. The Hall–Kier alpha value is -1.59. The van der Waals surface area contributed by atoms with Crippen LogP contribution in [0.2, 0.25) is 0 Å². The van der Waals surface area contributed by atoms with Crippen molar-refractivity contribution in [3.05, 3.63) is 35.9 Å². The third-order valence-corrected chi connectivity index (χ3v) is 5.44. The molecule has 0 aliphatic carbocycles. The molecule has 6 heteroatoms. The standard InChI is InChI=1S/C19H27N3O2.ClH/c1-19(13-20)9-11-22(14-19)18(24)16-8-5-10-21(12-16)17(23)15-6-3-2-4-7-15;/h2-4,6-7,16H,5,8-14,20H2,1H3;1H. The Balaban J connectivity index is 0.00000225. The van der Waals surface area contributed by atoms with Gasteiger partial charge in [-0.2, -0.15) is 0 Å². The van der Waals surface area contributed by atoms with Crippen molar-refractivity contribution in [2.24, 2.45) is 17.1 Å². The van der Waals surface area contributed by atoms with Crippen molar-refractivity contribution in [1.82, 2.24) is 9.80 Å². The molecule has 0 aromatic heterocycles. The zero-order valence-electron chi connectivity index (χ0n) is 14.8. The molecular weight excluding hydrogens is 338 g/mol. The van der Waals surface area contributed by atoms with Gasteiger partial charge in [0.25, 0.3) is 5.91 Å². The first-order valence-electron chi connectivity index (χ1n) is 8.86. The fourth-order valence-electron chi connectivity index (χ4n) is 3.76. The average molecular weight is 366 g/mol. The van der Waals surface area contributed by atoms with Crippen molar-refractivity contribution < 1.29 is 9.59 Å². The van der Waals surface area contributed by atoms with Crippen LogP contribution in [0.25, 0.3) is 0 Å². The number of benzene rings is 1. The zero-order valence-corrected chi connectivity index (χ0v) is 15.6. The molecule has 2 aliphatic heterocycles. The van der Waals surface area contributed by atoms with Gasteiger partial charge < -0.3 is 15.5 Å². The first kappa shape index (κ1) is 19.7. The summed E-state index contributed by atoms with van der Waals surface area (Å²) in [5.74, 6) is 0.144. The third-order valence-electron chi connectivity index (χ3n) is 5.44. The van der Waals surface area contributed by atoms with Crippen LogP contribution in [0.3, 0.4) is 0 Å². The molecule has 0 bridgehead atoms. The van der Waals surface area contributed by atoms with Gasteiger partial charge in [0.05, 0.1) is 5.92 Å². The molecule has 2 unspecified atom stereocenters. The first-order chi connectivity index (χ1) is 11.5. The predicted octanol–water partition coefficient (Wildman–Crippen LogP) is 2.16. The van der Waals surface area contributed by atoms with E-state index < -0.39 is 0 Å². The van der Waals surface area contributed by atoms with Crippen LogP contribution in [0.4, 0.5) is 0 Å². The topological polar surface area (TPSA) is 66.6 Å². The third kappa shape index (κ3) is 4.33. The lowest BCUT2D eigenvalue weighted by Crippen LogP contribution is -2.46. The predicted molar refractivity (Wildman–Crippen MR) is 101 cm³/mol. The van der Waals surface area contributed by atoms with Crippen molar-refractivity contribution in [1.29, 1.82) is 0 Å². The van der Waals surface area contributed by atoms with Gasteiger partial charge >= 0.3 is 0 Å². The Morgan fingerprint density at radius 2 is 1.92 bits per heavy atom. The molecular formula is C19H28ClN3O2. The minimum absolute atomic E-state index is 0. The van der Waals surface area contributed by atoms with Crippen molar-refractivity contribution in [3.63, 3.8) is 0 Å². The van der Waals surface area contributed by atoms with E-state index in [2.05, 4.69) is 6.92 Å². The van der Waals surface area contributed by atoms with E-state index in [4.69, 9.17) is 5.73 Å². The number of carbonyl (C=O) groups excluding carboxylic acids is 2. The molecule has 25 heavy (non-hydrogen) atoms. The van der Waals surface area contributed by atoms with Gasteiger partial charge in [0.2, 0.25) is 5.91 Å². The fourth-order valence-corrected chi connectivity index (χ4v) is 3.76. The van der Waals surface area contributed by atoms with E-state index in [1.165, 1.54) is 0 Å². The van der Waals surface area contributed by atoms with E-state index in [1.807, 2.05) is 40.1 Å². The van der Waals surface area contributed by atoms with Gasteiger partial charge in [0.15, 0.2) is 0 Å². The van der Waals surface area contributed by atoms with E-state index in [9.17, 15) is 9.59 Å². The van der Waals surface area contributed by atoms with Gasteiger partial charge in [0.1, 0.15) is 0 Å². The summed E-state index contributed by atoms with van der Waals surface area (Å²) in [5.41, 5.74) is 6.59. The summed E-state index contributed by atoms with van der Waals surface area (Å²) in [6, 6.07) is 9.32. The monoisotopic (exact) mass is 365 g/mol. The highest BCUT2D eigenvalue weighted by Crippen LogP contribution is 2.31. The van der Waals surface area contributed by atoms with E-state index in [0.29, 0.717) is 18.7 Å². The molecule has 2 amide bonds. The van der Waals surface area contributed by atoms with Gasteiger partial charge in [0, 0.05) is 31.7 Å². The van der Waals surface area contributed by atoms with Crippen LogP contribution in [-0.4, -0.2) is 54.3 Å². The van der Waals surface area contributed by atoms with Crippen molar-refractivity contribution in [2.45, 2.75) is 26.2 Å². The van der Waals surface area contributed by atoms with Gasteiger partial charge in [-0.25, -0.2) is 0 Å². The van der Waals surface area contributed by atoms with Crippen LogP contribution in [0.5, 0.6) is 0 Å². The minimum Gasteiger partial charge on any atom is -0.342 e. The maximum atomic E-state index is 12.9. The highest BCUT2D eigenvalue weighted by molar-refractivity contribution is 5.94. The van der Waals surface area contributed by atoms with Crippen LogP contribution >= 0.6 is 12.4 Å². The molecule has 0 saturated carbocycles. The molecule has 3 rings (SSSR count). The fraction of sp³-hybridized carbons (Fsp3) is 0.579. The van der Waals surface area contributed by atoms with Crippen molar-refractivity contribution in [2.75, 3.05) is 32.7 Å². The largest absolute Gasteiger partial charge is 0.342 e. The number of nitrogens with zero attached hydrogens (tertiary/aromatic N) is 2. The van der Waals surface area contributed by atoms with Crippen molar-refractivity contribution >= 4 is 24.2 Å². The number of amides is 2. The number of hydrogen-bond acceptors (Lipinski definition) is 3. The molecule has 138 valence electrons. The van der Waals surface area contributed by atoms with Gasteiger partial charge in [-0.1, -0.05) is 25.1 Å². The smallest absolute Gasteiger partial charge is 0.253 e. The summed E-state index contributed by atoms with van der Waals surface area (Å²) in [6.07, 6.45) is 2.72. The zero-order chi connectivity index (χ0) is 17.2. The minimum atomic E-state index is -0.0773. The number of likely N-dealkylation sites (tertiary alicyclic amines) is 2. The second kappa shape index (κ2) is 8.19. The highest BCUT2D eigenvalue weighted by Gasteiger charge is 2.38. The Labute approximate surface area is 155 Å². The van der Waals surface area contributed by atoms with Crippen LogP contribution in [0.15, 0.2) is 30.3 Å². The number of rotatable bonds is 3. The van der Waals surface area contributed by atoms with Gasteiger partial charge in [-0.15, -0.1) is 12.4 Å². The van der Waals surface area contributed by atoms with Crippen LogP contribution in [0, 0.1) is 11.3 Å². The van der Waals surface area contributed by atoms with E-state index in [0.717, 1.165) is 38.9 Å². The summed E-state index contributed by atoms with van der Waals surface area (Å²) in [5, 5.41) is 0. The Bertz CT molecular complexity index is 610. The van der Waals surface area contributed by atoms with Gasteiger partial charge in [-0.05, 0) is 43.4 Å². The molecule has 1 aromatic rings. The average Bonchev–Trinajstić information content (AvgIpc) is 3.04. The second-order valence-corrected chi connectivity index (χ2v) is 7.48. The molecule has 2 fully saturated rings. The Morgan fingerprint density at radius 1 is 1.20 bits per heavy atom. The molecule has 2 N–H and O–H groups in total. The summed E-state index contributed by atoms with van der Waals surface area (Å²) in [7, 11) is 0. The Morgan fingerprint density at radius 3 is 2.56 bits per heavy atom. The second-order valence-electron chi connectivity index (χ2n) is 7.48. The lowest BCUT2D eigenvalue weighted by molar-refractivity contribution is -0.136. The number of hydrogen-bond donors (Lipinski definition) is 1. The van der Waals surface area contributed by atoms with Crippen molar-refractivity contribution in [3.8, 4) is 0 Å². The molecule has 2 atom stereocenters. The summed E-state index contributed by atoms with van der Waals surface area (Å²) < 4.78 is 0. The highest BCUT2D eigenvalue weighted by atomic mass is 35.5. The van der Waals surface area contributed by atoms with Crippen LogP contribution in [-0.2, 0) is 4.79 Å². The Kier molecular flexibility index (Phi) is 6.47. The molecule has 0 spiro atoms. The summed E-state index contributed by atoms with van der Waals surface area (Å²) in [4.78, 5) is 29.3. The van der Waals surface area contributed by atoms with Gasteiger partial charge in [-0.3, -0.25) is 9.59 Å². The quantitative estimate of drug-likeness (QED) is 0.892. The SMILES string of the molecule is CC1(CN)CCN(C(=O)C2CCCN(C(=O)c3ccccc3)C2)C1.Cl. The van der Waals surface area contributed by atoms with Crippen LogP contribution in [0.1, 0.15) is 36.5 Å². The van der Waals surface area contributed by atoms with E-state index >= 15 is 0 Å². The maximum absolute atomic E-state index is 12.9. The number of nitrogens with two attached hydrogens (primary N) is 1. The number of piperidine rings is 1. The van der Waals surface area contributed by atoms with E-state index in [1.54, 1.807) is 0 Å². The van der Waals surface area contributed by atoms with Crippen LogP contribution < -0.4 is 5.73 Å². The molecule has 2 aliphatic rings. The lowest BCUT2D eigenvalue weighted by Gasteiger charge is -2.34. The lowest BCUT2D eigenvalue weighted by atomic mass is 9.90. The molecule has 2 heterocycles. The first-order valence-corrected chi connectivity index (χ1v) is 8.86. The molecule has 5 nitrogen and oxygen atoms in total. The summed E-state index contributed by atoms with van der Waals surface area (Å²) >= 11 is 0.